The third-order valence-electron chi connectivity index (χ3n) is 4.20. The first-order valence-corrected chi connectivity index (χ1v) is 8.32. The molecule has 0 unspecified atom stereocenters. The first-order chi connectivity index (χ1) is 12.4. The van der Waals surface area contributed by atoms with Gasteiger partial charge in [-0.15, -0.1) is 0 Å². The van der Waals surface area contributed by atoms with Crippen LogP contribution in [-0.4, -0.2) is 11.7 Å². The van der Waals surface area contributed by atoms with E-state index in [9.17, 15) is 13.6 Å². The molecule has 4 nitrogen and oxygen atoms in total. The number of amides is 1. The third kappa shape index (κ3) is 3.75. The fourth-order valence-corrected chi connectivity index (χ4v) is 2.76. The number of halogens is 3. The van der Waals surface area contributed by atoms with Gasteiger partial charge in [0.25, 0.3) is 5.91 Å². The molecule has 0 saturated heterocycles. The number of amidine groups is 1. The highest BCUT2D eigenvalue weighted by molar-refractivity contribution is 6.30. The van der Waals surface area contributed by atoms with E-state index in [1.54, 1.807) is 24.3 Å². The number of aliphatic imine (C=N–C) groups is 1. The highest BCUT2D eigenvalue weighted by Crippen LogP contribution is 2.50. The molecule has 0 spiro atoms. The molecular weight excluding hydrogens is 360 g/mol. The Hall–Kier alpha value is -2.73. The maximum atomic E-state index is 14.0. The van der Waals surface area contributed by atoms with Gasteiger partial charge in [0.15, 0.2) is 0 Å². The summed E-state index contributed by atoms with van der Waals surface area (Å²) in [5.41, 5.74) is 5.64. The van der Waals surface area contributed by atoms with Gasteiger partial charge in [-0.1, -0.05) is 29.8 Å². The Kier molecular flexibility index (Phi) is 5.04. The van der Waals surface area contributed by atoms with Crippen LogP contribution in [-0.2, 0) is 10.2 Å². The van der Waals surface area contributed by atoms with E-state index in [0.717, 1.165) is 0 Å². The molecule has 1 aliphatic carbocycles. The minimum Gasteiger partial charge on any atom is -0.384 e. The predicted molar refractivity (Wildman–Crippen MR) is 98.1 cm³/mol. The van der Waals surface area contributed by atoms with Gasteiger partial charge >= 0.3 is 0 Å². The van der Waals surface area contributed by atoms with E-state index in [0.29, 0.717) is 24.1 Å². The van der Waals surface area contributed by atoms with E-state index >= 15 is 0 Å². The van der Waals surface area contributed by atoms with Crippen molar-refractivity contribution in [3.05, 3.63) is 77.0 Å². The van der Waals surface area contributed by atoms with Crippen molar-refractivity contribution in [2.75, 3.05) is 5.32 Å². The van der Waals surface area contributed by atoms with Crippen molar-refractivity contribution in [2.24, 2.45) is 10.7 Å². The van der Waals surface area contributed by atoms with Crippen molar-refractivity contribution >= 4 is 29.0 Å². The number of nitrogens with zero attached hydrogens (tertiary/aromatic N) is 1. The van der Waals surface area contributed by atoms with E-state index in [1.165, 1.54) is 30.5 Å². The SMILES string of the molecule is NC(/C=C\Nc1ccc(Cl)c(F)c1)=NC(=O)C1(c2ccccc2F)CC1. The Morgan fingerprint density at radius 1 is 1.19 bits per heavy atom. The molecule has 3 rings (SSSR count). The molecule has 2 aromatic carbocycles. The number of benzene rings is 2. The monoisotopic (exact) mass is 375 g/mol. The first kappa shape index (κ1) is 18.1. The summed E-state index contributed by atoms with van der Waals surface area (Å²) in [4.78, 5) is 16.3. The predicted octanol–water partition coefficient (Wildman–Crippen LogP) is 4.16. The summed E-state index contributed by atoms with van der Waals surface area (Å²) in [6.45, 7) is 0. The van der Waals surface area contributed by atoms with E-state index in [2.05, 4.69) is 10.3 Å². The Morgan fingerprint density at radius 3 is 2.58 bits per heavy atom. The summed E-state index contributed by atoms with van der Waals surface area (Å²) >= 11 is 5.61. The van der Waals surface area contributed by atoms with Crippen LogP contribution in [0.2, 0.25) is 5.02 Å². The van der Waals surface area contributed by atoms with Crippen molar-refractivity contribution in [2.45, 2.75) is 18.3 Å². The summed E-state index contributed by atoms with van der Waals surface area (Å²) < 4.78 is 27.3. The van der Waals surface area contributed by atoms with Crippen LogP contribution in [0.5, 0.6) is 0 Å². The molecule has 0 aliphatic heterocycles. The molecule has 7 heteroatoms. The maximum Gasteiger partial charge on any atom is 0.258 e. The van der Waals surface area contributed by atoms with Gasteiger partial charge in [-0.2, -0.15) is 4.99 Å². The quantitative estimate of drug-likeness (QED) is 0.609. The van der Waals surface area contributed by atoms with Gasteiger partial charge in [0.05, 0.1) is 10.4 Å². The maximum absolute atomic E-state index is 14.0. The molecule has 1 amide bonds. The standard InChI is InChI=1S/C19H16ClF2N3O/c20-14-6-5-12(11-16(14)22)24-10-7-17(23)25-18(26)19(8-9-19)13-3-1-2-4-15(13)21/h1-7,10-11,24H,8-9H2,(H2,23,25,26)/b10-7-. The molecule has 0 atom stereocenters. The van der Waals surface area contributed by atoms with Crippen molar-refractivity contribution in [1.29, 1.82) is 0 Å². The Balaban J connectivity index is 1.68. The second-order valence-corrected chi connectivity index (χ2v) is 6.42. The largest absolute Gasteiger partial charge is 0.384 e. The minimum absolute atomic E-state index is 0.0223. The van der Waals surface area contributed by atoms with Gasteiger partial charge in [0, 0.05) is 17.5 Å². The zero-order chi connectivity index (χ0) is 18.7. The Morgan fingerprint density at radius 2 is 1.92 bits per heavy atom. The second-order valence-electron chi connectivity index (χ2n) is 6.01. The van der Waals surface area contributed by atoms with Crippen LogP contribution < -0.4 is 11.1 Å². The summed E-state index contributed by atoms with van der Waals surface area (Å²) in [5, 5.41) is 2.82. The number of anilines is 1. The van der Waals surface area contributed by atoms with Crippen LogP contribution >= 0.6 is 11.6 Å². The number of carbonyl (C=O) groups excluding carboxylic acids is 1. The van der Waals surface area contributed by atoms with Crippen molar-refractivity contribution in [3.8, 4) is 0 Å². The third-order valence-corrected chi connectivity index (χ3v) is 4.51. The summed E-state index contributed by atoms with van der Waals surface area (Å²) in [6, 6.07) is 10.4. The second kappa shape index (κ2) is 7.25. The average Bonchev–Trinajstić information content (AvgIpc) is 3.40. The number of hydrogen-bond donors (Lipinski definition) is 2. The molecule has 2 aromatic rings. The van der Waals surface area contributed by atoms with Crippen LogP contribution in [0.3, 0.4) is 0 Å². The summed E-state index contributed by atoms with van der Waals surface area (Å²) in [7, 11) is 0. The van der Waals surface area contributed by atoms with Gasteiger partial charge in [-0.05, 0) is 43.2 Å². The van der Waals surface area contributed by atoms with Crippen LogP contribution in [0.4, 0.5) is 14.5 Å². The van der Waals surface area contributed by atoms with Gasteiger partial charge in [-0.25, -0.2) is 8.78 Å². The van der Waals surface area contributed by atoms with Crippen molar-refractivity contribution in [1.82, 2.24) is 0 Å². The first-order valence-electron chi connectivity index (χ1n) is 7.94. The van der Waals surface area contributed by atoms with Crippen LogP contribution in [0.25, 0.3) is 0 Å². The molecule has 0 aromatic heterocycles. The summed E-state index contributed by atoms with van der Waals surface area (Å²) in [6.07, 6.45) is 3.88. The fourth-order valence-electron chi connectivity index (χ4n) is 2.64. The smallest absolute Gasteiger partial charge is 0.258 e. The highest BCUT2D eigenvalue weighted by atomic mass is 35.5. The number of carbonyl (C=O) groups is 1. The normalized spacial score (nSPS) is 15.9. The molecule has 1 saturated carbocycles. The molecule has 1 fully saturated rings. The average molecular weight is 376 g/mol. The van der Waals surface area contributed by atoms with Gasteiger partial charge in [0.1, 0.15) is 17.5 Å². The van der Waals surface area contributed by atoms with Crippen molar-refractivity contribution < 1.29 is 13.6 Å². The van der Waals surface area contributed by atoms with E-state index in [-0.39, 0.29) is 10.9 Å². The lowest BCUT2D eigenvalue weighted by Gasteiger charge is -2.12. The van der Waals surface area contributed by atoms with Crippen LogP contribution in [0.15, 0.2) is 59.7 Å². The van der Waals surface area contributed by atoms with E-state index < -0.39 is 23.0 Å². The number of nitrogens with two attached hydrogens (primary N) is 1. The minimum atomic E-state index is -0.920. The Labute approximate surface area is 154 Å². The topological polar surface area (TPSA) is 67.5 Å². The molecule has 0 radical (unpaired) electrons. The Bertz CT molecular complexity index is 907. The lowest BCUT2D eigenvalue weighted by atomic mass is 9.94. The fraction of sp³-hybridized carbons (Fsp3) is 0.158. The summed E-state index contributed by atoms with van der Waals surface area (Å²) in [5.74, 6) is -1.47. The zero-order valence-electron chi connectivity index (χ0n) is 13.7. The molecule has 1 aliphatic rings. The van der Waals surface area contributed by atoms with Crippen molar-refractivity contribution in [3.63, 3.8) is 0 Å². The molecule has 3 N–H and O–H groups in total. The highest BCUT2D eigenvalue weighted by Gasteiger charge is 2.52. The number of nitrogens with one attached hydrogen (secondary N) is 1. The molecule has 0 bridgehead atoms. The van der Waals surface area contributed by atoms with E-state index in [4.69, 9.17) is 17.3 Å². The van der Waals surface area contributed by atoms with Gasteiger partial charge in [0.2, 0.25) is 0 Å². The zero-order valence-corrected chi connectivity index (χ0v) is 14.4. The molecular formula is C19H16ClF2N3O. The lowest BCUT2D eigenvalue weighted by Crippen LogP contribution is -2.23. The van der Waals surface area contributed by atoms with Gasteiger partial charge < -0.3 is 11.1 Å². The van der Waals surface area contributed by atoms with Crippen LogP contribution in [0, 0.1) is 11.6 Å². The molecule has 26 heavy (non-hydrogen) atoms. The number of hydrogen-bond acceptors (Lipinski definition) is 2. The lowest BCUT2D eigenvalue weighted by molar-refractivity contribution is -0.120. The van der Waals surface area contributed by atoms with E-state index in [1.807, 2.05) is 0 Å². The van der Waals surface area contributed by atoms with Crippen LogP contribution in [0.1, 0.15) is 18.4 Å². The molecule has 134 valence electrons. The number of rotatable bonds is 5. The molecule has 0 heterocycles. The van der Waals surface area contributed by atoms with Gasteiger partial charge in [-0.3, -0.25) is 4.79 Å².